The van der Waals surface area contributed by atoms with Crippen molar-refractivity contribution < 1.29 is 5.11 Å². The van der Waals surface area contributed by atoms with E-state index >= 15 is 0 Å². The van der Waals surface area contributed by atoms with Gasteiger partial charge < -0.3 is 15.3 Å². The highest BCUT2D eigenvalue weighted by Gasteiger charge is 2.04. The lowest BCUT2D eigenvalue weighted by Gasteiger charge is -2.11. The number of aromatic nitrogens is 1. The second-order valence-electron chi connectivity index (χ2n) is 4.12. The third kappa shape index (κ3) is 3.00. The van der Waals surface area contributed by atoms with E-state index in [0.29, 0.717) is 6.54 Å². The van der Waals surface area contributed by atoms with Gasteiger partial charge in [-0.2, -0.15) is 0 Å². The summed E-state index contributed by atoms with van der Waals surface area (Å²) in [6.07, 6.45) is 1.80. The molecule has 1 aromatic carbocycles. The summed E-state index contributed by atoms with van der Waals surface area (Å²) in [5, 5.41) is 13.8. The van der Waals surface area contributed by atoms with Gasteiger partial charge in [-0.3, -0.25) is 0 Å². The van der Waals surface area contributed by atoms with Crippen molar-refractivity contribution in [2.75, 3.05) is 37.5 Å². The van der Waals surface area contributed by atoms with Crippen molar-refractivity contribution in [1.82, 2.24) is 4.98 Å². The summed E-state index contributed by atoms with van der Waals surface area (Å²) in [4.78, 5) is 6.44. The predicted molar refractivity (Wildman–Crippen MR) is 77.5 cm³/mol. The number of thiazole rings is 1. The Morgan fingerprint density at radius 2 is 2.00 bits per heavy atom. The van der Waals surface area contributed by atoms with Gasteiger partial charge in [0.2, 0.25) is 0 Å². The first-order chi connectivity index (χ1) is 8.70. The topological polar surface area (TPSA) is 48.4 Å². The van der Waals surface area contributed by atoms with Crippen LogP contribution in [-0.2, 0) is 0 Å². The van der Waals surface area contributed by atoms with Gasteiger partial charge in [-0.15, -0.1) is 0 Å². The van der Waals surface area contributed by atoms with Crippen LogP contribution in [0.1, 0.15) is 0 Å². The van der Waals surface area contributed by atoms with Gasteiger partial charge in [0.25, 0.3) is 0 Å². The Bertz CT molecular complexity index is 493. The van der Waals surface area contributed by atoms with Gasteiger partial charge in [0.1, 0.15) is 10.0 Å². The first-order valence-electron chi connectivity index (χ1n) is 5.79. The summed E-state index contributed by atoms with van der Waals surface area (Å²) in [7, 11) is 4.05. The van der Waals surface area contributed by atoms with Crippen LogP contribution in [0.5, 0.6) is 0 Å². The quantitative estimate of drug-likeness (QED) is 0.869. The molecule has 5 heteroatoms. The molecule has 1 aromatic heterocycles. The number of benzene rings is 1. The predicted octanol–water partition coefficient (Wildman–Crippen LogP) is 2.28. The maximum atomic E-state index is 8.75. The van der Waals surface area contributed by atoms with Crippen molar-refractivity contribution in [2.24, 2.45) is 0 Å². The molecule has 0 saturated heterocycles. The van der Waals surface area contributed by atoms with E-state index in [0.717, 1.165) is 15.6 Å². The molecule has 0 radical (unpaired) electrons. The Balaban J connectivity index is 2.13. The zero-order chi connectivity index (χ0) is 13.0. The molecule has 0 aliphatic carbocycles. The van der Waals surface area contributed by atoms with E-state index in [-0.39, 0.29) is 6.61 Å². The van der Waals surface area contributed by atoms with E-state index in [1.165, 1.54) is 5.69 Å². The normalized spacial score (nSPS) is 10.4. The largest absolute Gasteiger partial charge is 0.395 e. The van der Waals surface area contributed by atoms with E-state index in [9.17, 15) is 0 Å². The van der Waals surface area contributed by atoms with Crippen molar-refractivity contribution in [3.8, 4) is 10.6 Å². The van der Waals surface area contributed by atoms with Crippen LogP contribution in [0.25, 0.3) is 10.6 Å². The number of nitrogens with one attached hydrogen (secondary N) is 1. The lowest BCUT2D eigenvalue weighted by atomic mass is 10.2. The van der Waals surface area contributed by atoms with Crippen LogP contribution in [0.2, 0.25) is 0 Å². The Hall–Kier alpha value is -1.59. The number of aliphatic hydroxyl groups excluding tert-OH is 1. The lowest BCUT2D eigenvalue weighted by Crippen LogP contribution is -2.07. The van der Waals surface area contributed by atoms with Crippen LogP contribution in [0.15, 0.2) is 30.5 Å². The van der Waals surface area contributed by atoms with Crippen molar-refractivity contribution >= 4 is 22.0 Å². The van der Waals surface area contributed by atoms with Crippen LogP contribution in [0, 0.1) is 0 Å². The molecule has 0 saturated carbocycles. The fourth-order valence-electron chi connectivity index (χ4n) is 1.57. The highest BCUT2D eigenvalue weighted by atomic mass is 32.1. The van der Waals surface area contributed by atoms with Crippen molar-refractivity contribution in [3.63, 3.8) is 0 Å². The SMILES string of the molecule is CN(C)c1ccc(-c2ncc(NCCO)s2)cc1. The number of rotatable bonds is 5. The summed E-state index contributed by atoms with van der Waals surface area (Å²) < 4.78 is 0. The second-order valence-corrected chi connectivity index (χ2v) is 5.15. The summed E-state index contributed by atoms with van der Waals surface area (Å²) in [5.41, 5.74) is 2.29. The van der Waals surface area contributed by atoms with Crippen molar-refractivity contribution in [1.29, 1.82) is 0 Å². The molecule has 18 heavy (non-hydrogen) atoms. The summed E-state index contributed by atoms with van der Waals surface area (Å²) >= 11 is 1.59. The van der Waals surface area contributed by atoms with E-state index in [2.05, 4.69) is 39.5 Å². The molecule has 0 atom stereocenters. The Morgan fingerprint density at radius 3 is 2.61 bits per heavy atom. The third-order valence-electron chi connectivity index (χ3n) is 2.55. The van der Waals surface area contributed by atoms with Gasteiger partial charge in [-0.1, -0.05) is 11.3 Å². The van der Waals surface area contributed by atoms with E-state index in [1.807, 2.05) is 14.1 Å². The molecule has 1 heterocycles. The molecule has 0 aliphatic heterocycles. The minimum absolute atomic E-state index is 0.130. The van der Waals surface area contributed by atoms with Gasteiger partial charge in [0.15, 0.2) is 0 Å². The zero-order valence-electron chi connectivity index (χ0n) is 10.6. The lowest BCUT2D eigenvalue weighted by molar-refractivity contribution is 0.311. The first kappa shape index (κ1) is 12.9. The smallest absolute Gasteiger partial charge is 0.125 e. The standard InChI is InChI=1S/C13H17N3OS/c1-16(2)11-5-3-10(4-6-11)13-15-9-12(18-13)14-7-8-17/h3-6,9,14,17H,7-8H2,1-2H3. The van der Waals surface area contributed by atoms with Gasteiger partial charge in [-0.05, 0) is 24.3 Å². The third-order valence-corrected chi connectivity index (χ3v) is 3.55. The van der Waals surface area contributed by atoms with Crippen LogP contribution in [0.3, 0.4) is 0 Å². The van der Waals surface area contributed by atoms with Crippen LogP contribution >= 0.6 is 11.3 Å². The minimum atomic E-state index is 0.130. The van der Waals surface area contributed by atoms with Crippen molar-refractivity contribution in [2.45, 2.75) is 0 Å². The Labute approximate surface area is 111 Å². The molecule has 0 bridgehead atoms. The Kier molecular flexibility index (Phi) is 4.17. The molecule has 0 unspecified atom stereocenters. The summed E-state index contributed by atoms with van der Waals surface area (Å²) in [6.45, 7) is 0.686. The van der Waals surface area contributed by atoms with E-state index < -0.39 is 0 Å². The summed E-state index contributed by atoms with van der Waals surface area (Å²) in [5.74, 6) is 0. The number of hydrogen-bond donors (Lipinski definition) is 2. The molecule has 0 spiro atoms. The number of nitrogens with zero attached hydrogens (tertiary/aromatic N) is 2. The van der Waals surface area contributed by atoms with Gasteiger partial charge in [-0.25, -0.2) is 4.98 Å². The van der Waals surface area contributed by atoms with Crippen LogP contribution < -0.4 is 10.2 Å². The average Bonchev–Trinajstić information content (AvgIpc) is 2.85. The molecule has 96 valence electrons. The fourth-order valence-corrected chi connectivity index (χ4v) is 2.42. The minimum Gasteiger partial charge on any atom is -0.395 e. The molecular weight excluding hydrogens is 246 g/mol. The van der Waals surface area contributed by atoms with Crippen molar-refractivity contribution in [3.05, 3.63) is 30.5 Å². The molecule has 2 aromatic rings. The highest BCUT2D eigenvalue weighted by molar-refractivity contribution is 7.18. The van der Waals surface area contributed by atoms with E-state index in [4.69, 9.17) is 5.11 Å². The van der Waals surface area contributed by atoms with Crippen LogP contribution in [-0.4, -0.2) is 37.3 Å². The molecule has 4 nitrogen and oxygen atoms in total. The second kappa shape index (κ2) is 5.84. The van der Waals surface area contributed by atoms with Crippen LogP contribution in [0.4, 0.5) is 10.7 Å². The number of aliphatic hydroxyl groups is 1. The van der Waals surface area contributed by atoms with Gasteiger partial charge in [0, 0.05) is 31.9 Å². The first-order valence-corrected chi connectivity index (χ1v) is 6.60. The average molecular weight is 263 g/mol. The molecule has 0 aliphatic rings. The maximum absolute atomic E-state index is 8.75. The van der Waals surface area contributed by atoms with Gasteiger partial charge >= 0.3 is 0 Å². The summed E-state index contributed by atoms with van der Waals surface area (Å²) in [6, 6.07) is 8.31. The highest BCUT2D eigenvalue weighted by Crippen LogP contribution is 2.29. The fraction of sp³-hybridized carbons (Fsp3) is 0.308. The molecule has 2 rings (SSSR count). The molecule has 0 amide bonds. The number of anilines is 2. The molecular formula is C13H17N3OS. The number of hydrogen-bond acceptors (Lipinski definition) is 5. The maximum Gasteiger partial charge on any atom is 0.125 e. The van der Waals surface area contributed by atoms with Gasteiger partial charge in [0.05, 0.1) is 12.8 Å². The molecule has 0 fully saturated rings. The Morgan fingerprint density at radius 1 is 1.28 bits per heavy atom. The molecule has 2 N–H and O–H groups in total. The zero-order valence-corrected chi connectivity index (χ0v) is 11.4. The van der Waals surface area contributed by atoms with E-state index in [1.54, 1.807) is 17.5 Å². The monoisotopic (exact) mass is 263 g/mol.